The van der Waals surface area contributed by atoms with Gasteiger partial charge in [0.2, 0.25) is 0 Å². The van der Waals surface area contributed by atoms with Crippen molar-refractivity contribution in [1.29, 1.82) is 0 Å². The maximum atomic E-state index is 11.8. The molecule has 22 heavy (non-hydrogen) atoms. The van der Waals surface area contributed by atoms with E-state index in [9.17, 15) is 19.2 Å². The standard InChI is InChI=1S/C12H19NO9/c1-3-20-8(10(16)17)9(21-4-2)12(19)22-11(18)6(13)5-7(14)15/h6,8-9H,3-5,13H2,1-2H3,(H,14,15)(H,16,17)/t6-,8?,9?/m0/s1. The summed E-state index contributed by atoms with van der Waals surface area (Å²) in [6.45, 7) is 2.97. The molecule has 0 aromatic heterocycles. The normalized spacial score (nSPS) is 14.7. The highest BCUT2D eigenvalue weighted by atomic mass is 16.6. The highest BCUT2D eigenvalue weighted by Gasteiger charge is 2.38. The molecule has 0 spiro atoms. The number of hydrogen-bond donors (Lipinski definition) is 3. The fraction of sp³-hybridized carbons (Fsp3) is 0.667. The number of rotatable bonds is 10. The number of aliphatic carboxylic acids is 2. The van der Waals surface area contributed by atoms with Crippen LogP contribution in [0.1, 0.15) is 20.3 Å². The molecular weight excluding hydrogens is 302 g/mol. The first-order chi connectivity index (χ1) is 10.2. The zero-order valence-electron chi connectivity index (χ0n) is 12.2. The van der Waals surface area contributed by atoms with Gasteiger partial charge in [-0.3, -0.25) is 4.79 Å². The van der Waals surface area contributed by atoms with E-state index in [1.54, 1.807) is 0 Å². The fourth-order valence-corrected chi connectivity index (χ4v) is 1.43. The van der Waals surface area contributed by atoms with Gasteiger partial charge >= 0.3 is 23.9 Å². The SMILES string of the molecule is CCOC(C(=O)O)C(OCC)C(=O)OC(=O)[C@@H](N)CC(=O)O. The van der Waals surface area contributed by atoms with Crippen LogP contribution in [0.2, 0.25) is 0 Å². The summed E-state index contributed by atoms with van der Waals surface area (Å²) in [4.78, 5) is 44.8. The first kappa shape index (κ1) is 20.0. The molecule has 4 N–H and O–H groups in total. The van der Waals surface area contributed by atoms with Crippen LogP contribution in [0.3, 0.4) is 0 Å². The van der Waals surface area contributed by atoms with Crippen molar-refractivity contribution < 1.29 is 43.6 Å². The Morgan fingerprint density at radius 1 is 0.955 bits per heavy atom. The molecule has 0 saturated carbocycles. The van der Waals surface area contributed by atoms with Crippen LogP contribution in [0.15, 0.2) is 0 Å². The minimum atomic E-state index is -1.68. The monoisotopic (exact) mass is 321 g/mol. The topological polar surface area (TPSA) is 162 Å². The van der Waals surface area contributed by atoms with Crippen molar-refractivity contribution in [2.24, 2.45) is 5.73 Å². The summed E-state index contributed by atoms with van der Waals surface area (Å²) < 4.78 is 14.2. The molecule has 0 aliphatic rings. The van der Waals surface area contributed by atoms with Crippen LogP contribution in [-0.4, -0.2) is 65.6 Å². The molecule has 0 fully saturated rings. The van der Waals surface area contributed by atoms with Crippen molar-refractivity contribution in [2.45, 2.75) is 38.5 Å². The quantitative estimate of drug-likeness (QED) is 0.327. The van der Waals surface area contributed by atoms with E-state index in [0.717, 1.165) is 0 Å². The molecule has 0 aliphatic carbocycles. The summed E-state index contributed by atoms with van der Waals surface area (Å²) in [5.74, 6) is -5.43. The van der Waals surface area contributed by atoms with Crippen LogP contribution in [-0.2, 0) is 33.4 Å². The Balaban J connectivity index is 4.94. The first-order valence-electron chi connectivity index (χ1n) is 6.43. The molecule has 2 unspecified atom stereocenters. The summed E-state index contributed by atoms with van der Waals surface area (Å²) in [5.41, 5.74) is 5.24. The van der Waals surface area contributed by atoms with Gasteiger partial charge in [0.15, 0.2) is 12.2 Å². The van der Waals surface area contributed by atoms with E-state index in [1.807, 2.05) is 0 Å². The van der Waals surface area contributed by atoms with Crippen molar-refractivity contribution in [3.63, 3.8) is 0 Å². The Bertz CT molecular complexity index is 423. The van der Waals surface area contributed by atoms with Gasteiger partial charge in [0.05, 0.1) is 6.42 Å². The zero-order chi connectivity index (χ0) is 17.3. The lowest BCUT2D eigenvalue weighted by Gasteiger charge is -2.22. The number of carbonyl (C=O) groups excluding carboxylic acids is 2. The zero-order valence-corrected chi connectivity index (χ0v) is 12.2. The highest BCUT2D eigenvalue weighted by molar-refractivity contribution is 5.94. The van der Waals surface area contributed by atoms with Gasteiger partial charge in [-0.25, -0.2) is 14.4 Å². The second-order valence-corrected chi connectivity index (χ2v) is 4.03. The Kier molecular flexibility index (Phi) is 8.91. The van der Waals surface area contributed by atoms with Gasteiger partial charge in [-0.1, -0.05) is 0 Å². The number of nitrogens with two attached hydrogens (primary N) is 1. The second-order valence-electron chi connectivity index (χ2n) is 4.03. The molecule has 3 atom stereocenters. The summed E-state index contributed by atoms with van der Waals surface area (Å²) in [5, 5.41) is 17.5. The van der Waals surface area contributed by atoms with Gasteiger partial charge < -0.3 is 30.2 Å². The first-order valence-corrected chi connectivity index (χ1v) is 6.43. The molecular formula is C12H19NO9. The largest absolute Gasteiger partial charge is 0.481 e. The minimum Gasteiger partial charge on any atom is -0.481 e. The molecule has 0 bridgehead atoms. The third kappa shape index (κ3) is 6.61. The molecule has 0 aromatic carbocycles. The van der Waals surface area contributed by atoms with E-state index < -0.39 is 48.5 Å². The van der Waals surface area contributed by atoms with Gasteiger partial charge in [-0.05, 0) is 13.8 Å². The number of carboxylic acids is 2. The van der Waals surface area contributed by atoms with Gasteiger partial charge in [0, 0.05) is 13.2 Å². The second kappa shape index (κ2) is 9.82. The maximum absolute atomic E-state index is 11.8. The van der Waals surface area contributed by atoms with Crippen LogP contribution in [0.25, 0.3) is 0 Å². The molecule has 0 heterocycles. The van der Waals surface area contributed by atoms with Crippen molar-refractivity contribution in [3.8, 4) is 0 Å². The smallest absolute Gasteiger partial charge is 0.346 e. The lowest BCUT2D eigenvalue weighted by Crippen LogP contribution is -2.47. The Morgan fingerprint density at radius 2 is 1.45 bits per heavy atom. The summed E-state index contributed by atoms with van der Waals surface area (Å²) in [6.07, 6.45) is -4.08. The van der Waals surface area contributed by atoms with Gasteiger partial charge in [0.1, 0.15) is 6.04 Å². The Morgan fingerprint density at radius 3 is 1.86 bits per heavy atom. The van der Waals surface area contributed by atoms with Crippen LogP contribution in [0, 0.1) is 0 Å². The van der Waals surface area contributed by atoms with E-state index in [4.69, 9.17) is 25.4 Å². The molecule has 0 aromatic rings. The average molecular weight is 321 g/mol. The molecule has 0 amide bonds. The highest BCUT2D eigenvalue weighted by Crippen LogP contribution is 2.09. The lowest BCUT2D eigenvalue weighted by atomic mass is 10.2. The molecule has 0 rings (SSSR count). The molecule has 10 heteroatoms. The fourth-order valence-electron chi connectivity index (χ4n) is 1.43. The molecule has 10 nitrogen and oxygen atoms in total. The molecule has 0 radical (unpaired) electrons. The average Bonchev–Trinajstić information content (AvgIpc) is 2.41. The predicted molar refractivity (Wildman–Crippen MR) is 69.8 cm³/mol. The van der Waals surface area contributed by atoms with Crippen LogP contribution in [0.4, 0.5) is 0 Å². The van der Waals surface area contributed by atoms with E-state index in [1.165, 1.54) is 13.8 Å². The number of carbonyl (C=O) groups is 4. The summed E-state index contributed by atoms with van der Waals surface area (Å²) in [6, 6.07) is -1.56. The maximum Gasteiger partial charge on any atom is 0.346 e. The van der Waals surface area contributed by atoms with Crippen molar-refractivity contribution in [1.82, 2.24) is 0 Å². The number of carboxylic acid groups (broad SMARTS) is 2. The number of ether oxygens (including phenoxy) is 3. The van der Waals surface area contributed by atoms with Crippen molar-refractivity contribution in [2.75, 3.05) is 13.2 Å². The van der Waals surface area contributed by atoms with Crippen LogP contribution in [0.5, 0.6) is 0 Å². The lowest BCUT2D eigenvalue weighted by molar-refractivity contribution is -0.184. The summed E-state index contributed by atoms with van der Waals surface area (Å²) in [7, 11) is 0. The minimum absolute atomic E-state index is 0.0136. The molecule has 0 aliphatic heterocycles. The Hall–Kier alpha value is -2.04. The van der Waals surface area contributed by atoms with Crippen molar-refractivity contribution >= 4 is 23.9 Å². The van der Waals surface area contributed by atoms with Crippen LogP contribution >= 0.6 is 0 Å². The van der Waals surface area contributed by atoms with Gasteiger partial charge in [-0.15, -0.1) is 0 Å². The third-order valence-electron chi connectivity index (χ3n) is 2.34. The van der Waals surface area contributed by atoms with E-state index in [0.29, 0.717) is 0 Å². The van der Waals surface area contributed by atoms with E-state index in [2.05, 4.69) is 4.74 Å². The van der Waals surface area contributed by atoms with E-state index >= 15 is 0 Å². The van der Waals surface area contributed by atoms with E-state index in [-0.39, 0.29) is 13.2 Å². The Labute approximate surface area is 126 Å². The summed E-state index contributed by atoms with van der Waals surface area (Å²) >= 11 is 0. The third-order valence-corrected chi connectivity index (χ3v) is 2.34. The molecule has 126 valence electrons. The number of hydrogen-bond acceptors (Lipinski definition) is 8. The van der Waals surface area contributed by atoms with Crippen LogP contribution < -0.4 is 5.73 Å². The van der Waals surface area contributed by atoms with Gasteiger partial charge in [-0.2, -0.15) is 0 Å². The number of esters is 2. The predicted octanol–water partition coefficient (Wildman–Crippen LogP) is -1.25. The van der Waals surface area contributed by atoms with Crippen molar-refractivity contribution in [3.05, 3.63) is 0 Å². The molecule has 0 saturated heterocycles. The van der Waals surface area contributed by atoms with Gasteiger partial charge in [0.25, 0.3) is 0 Å².